The molecule has 2 heteroatoms. The second-order valence-electron chi connectivity index (χ2n) is 3.38. The fraction of sp³-hybridized carbons (Fsp3) is 1.00. The molecular formula is C8H18ClN. The first-order valence-corrected chi connectivity index (χ1v) is 4.42. The van der Waals surface area contributed by atoms with E-state index in [2.05, 4.69) is 26.1 Å². The lowest BCUT2D eigenvalue weighted by molar-refractivity contribution is 0.332. The van der Waals surface area contributed by atoms with Crippen LogP contribution in [0, 0.1) is 5.41 Å². The van der Waals surface area contributed by atoms with E-state index in [1.165, 1.54) is 6.42 Å². The molecule has 0 atom stereocenters. The fourth-order valence-electron chi connectivity index (χ4n) is 0.619. The van der Waals surface area contributed by atoms with E-state index in [4.69, 9.17) is 11.6 Å². The van der Waals surface area contributed by atoms with Gasteiger partial charge in [0.05, 0.1) is 0 Å². The topological polar surface area (TPSA) is 12.0 Å². The molecule has 0 saturated carbocycles. The number of rotatable bonds is 5. The van der Waals surface area contributed by atoms with E-state index in [1.54, 1.807) is 0 Å². The Bertz CT molecular complexity index is 81.3. The zero-order valence-corrected chi connectivity index (χ0v) is 7.96. The first-order valence-electron chi connectivity index (χ1n) is 3.89. The lowest BCUT2D eigenvalue weighted by Gasteiger charge is -2.22. The minimum atomic E-state index is 0.423. The maximum Gasteiger partial charge on any atom is 0.0348 e. The standard InChI is InChI=1S/C8H18ClN/c1-4-8(2,3)7-10-6-5-9/h10H,4-7H2,1-3H3. The summed E-state index contributed by atoms with van der Waals surface area (Å²) in [6, 6.07) is 0. The van der Waals surface area contributed by atoms with Gasteiger partial charge in [-0.3, -0.25) is 0 Å². The summed E-state index contributed by atoms with van der Waals surface area (Å²) < 4.78 is 0. The molecule has 62 valence electrons. The largest absolute Gasteiger partial charge is 0.315 e. The van der Waals surface area contributed by atoms with Crippen LogP contribution < -0.4 is 5.32 Å². The Labute approximate surface area is 69.1 Å². The first-order chi connectivity index (χ1) is 4.62. The van der Waals surface area contributed by atoms with Gasteiger partial charge < -0.3 is 5.32 Å². The molecule has 10 heavy (non-hydrogen) atoms. The van der Waals surface area contributed by atoms with Gasteiger partial charge in [-0.1, -0.05) is 20.8 Å². The number of hydrogen-bond acceptors (Lipinski definition) is 1. The third-order valence-electron chi connectivity index (χ3n) is 1.83. The van der Waals surface area contributed by atoms with Crippen molar-refractivity contribution in [1.29, 1.82) is 0 Å². The molecule has 0 aliphatic rings. The highest BCUT2D eigenvalue weighted by Gasteiger charge is 2.13. The predicted octanol–water partition coefficient (Wildman–Crippen LogP) is 2.25. The van der Waals surface area contributed by atoms with E-state index in [0.29, 0.717) is 11.3 Å². The molecule has 0 unspecified atom stereocenters. The molecule has 0 fully saturated rings. The summed E-state index contributed by atoms with van der Waals surface area (Å²) in [5.74, 6) is 0.708. The summed E-state index contributed by atoms with van der Waals surface area (Å²) >= 11 is 5.51. The van der Waals surface area contributed by atoms with Crippen LogP contribution >= 0.6 is 11.6 Å². The van der Waals surface area contributed by atoms with E-state index < -0.39 is 0 Å². The molecule has 0 aromatic carbocycles. The molecule has 0 heterocycles. The number of halogens is 1. The number of nitrogens with one attached hydrogen (secondary N) is 1. The third kappa shape index (κ3) is 5.07. The van der Waals surface area contributed by atoms with Gasteiger partial charge in [-0.05, 0) is 11.8 Å². The van der Waals surface area contributed by atoms with E-state index in [1.807, 2.05) is 0 Å². The molecule has 0 aliphatic carbocycles. The second kappa shape index (κ2) is 4.97. The molecule has 0 bridgehead atoms. The Kier molecular flexibility index (Phi) is 5.10. The van der Waals surface area contributed by atoms with Crippen molar-refractivity contribution in [3.8, 4) is 0 Å². The van der Waals surface area contributed by atoms with E-state index in [-0.39, 0.29) is 0 Å². The van der Waals surface area contributed by atoms with E-state index in [9.17, 15) is 0 Å². The van der Waals surface area contributed by atoms with Crippen molar-refractivity contribution in [3.05, 3.63) is 0 Å². The zero-order valence-electron chi connectivity index (χ0n) is 7.21. The van der Waals surface area contributed by atoms with E-state index in [0.717, 1.165) is 13.1 Å². The monoisotopic (exact) mass is 163 g/mol. The average Bonchev–Trinajstić information content (AvgIpc) is 1.89. The maximum absolute atomic E-state index is 5.51. The molecule has 0 rings (SSSR count). The van der Waals surface area contributed by atoms with Crippen molar-refractivity contribution < 1.29 is 0 Å². The third-order valence-corrected chi connectivity index (χ3v) is 2.02. The van der Waals surface area contributed by atoms with Crippen LogP contribution in [0.5, 0.6) is 0 Å². The zero-order chi connectivity index (χ0) is 8.04. The van der Waals surface area contributed by atoms with Crippen LogP contribution in [-0.4, -0.2) is 19.0 Å². The lowest BCUT2D eigenvalue weighted by Crippen LogP contribution is -2.29. The highest BCUT2D eigenvalue weighted by molar-refractivity contribution is 6.18. The summed E-state index contributed by atoms with van der Waals surface area (Å²) in [5, 5.41) is 3.29. The summed E-state index contributed by atoms with van der Waals surface area (Å²) in [6.07, 6.45) is 1.21. The van der Waals surface area contributed by atoms with Crippen LogP contribution in [-0.2, 0) is 0 Å². The van der Waals surface area contributed by atoms with Gasteiger partial charge >= 0.3 is 0 Å². The van der Waals surface area contributed by atoms with Gasteiger partial charge in [-0.25, -0.2) is 0 Å². The van der Waals surface area contributed by atoms with Crippen LogP contribution in [0.3, 0.4) is 0 Å². The summed E-state index contributed by atoms with van der Waals surface area (Å²) in [4.78, 5) is 0. The molecule has 0 spiro atoms. The minimum Gasteiger partial charge on any atom is -0.315 e. The van der Waals surface area contributed by atoms with Crippen molar-refractivity contribution in [2.24, 2.45) is 5.41 Å². The van der Waals surface area contributed by atoms with Crippen molar-refractivity contribution in [1.82, 2.24) is 5.32 Å². The summed E-state index contributed by atoms with van der Waals surface area (Å²) in [7, 11) is 0. The maximum atomic E-state index is 5.51. The number of hydrogen-bond donors (Lipinski definition) is 1. The van der Waals surface area contributed by atoms with Gasteiger partial charge in [0.15, 0.2) is 0 Å². The van der Waals surface area contributed by atoms with E-state index >= 15 is 0 Å². The Morgan fingerprint density at radius 3 is 2.40 bits per heavy atom. The van der Waals surface area contributed by atoms with Gasteiger partial charge in [0, 0.05) is 19.0 Å². The molecule has 1 nitrogen and oxygen atoms in total. The van der Waals surface area contributed by atoms with Gasteiger partial charge in [0.25, 0.3) is 0 Å². The van der Waals surface area contributed by atoms with Gasteiger partial charge in [-0.15, -0.1) is 11.6 Å². The molecule has 0 aliphatic heterocycles. The predicted molar refractivity (Wildman–Crippen MR) is 47.7 cm³/mol. The minimum absolute atomic E-state index is 0.423. The van der Waals surface area contributed by atoms with Crippen LogP contribution in [0.1, 0.15) is 27.2 Å². The van der Waals surface area contributed by atoms with Gasteiger partial charge in [0.1, 0.15) is 0 Å². The van der Waals surface area contributed by atoms with Crippen LogP contribution in [0.2, 0.25) is 0 Å². The fourth-order valence-corrected chi connectivity index (χ4v) is 0.752. The number of alkyl halides is 1. The SMILES string of the molecule is CCC(C)(C)CNCCCl. The van der Waals surface area contributed by atoms with Crippen LogP contribution in [0.25, 0.3) is 0 Å². The first kappa shape index (κ1) is 10.2. The van der Waals surface area contributed by atoms with Crippen molar-refractivity contribution in [2.45, 2.75) is 27.2 Å². The summed E-state index contributed by atoms with van der Waals surface area (Å²) in [6.45, 7) is 8.71. The second-order valence-corrected chi connectivity index (χ2v) is 3.76. The quantitative estimate of drug-likeness (QED) is 0.484. The molecule has 0 aromatic rings. The highest BCUT2D eigenvalue weighted by Crippen LogP contribution is 2.17. The Balaban J connectivity index is 3.28. The van der Waals surface area contributed by atoms with Gasteiger partial charge in [0.2, 0.25) is 0 Å². The highest BCUT2D eigenvalue weighted by atomic mass is 35.5. The molecule has 0 radical (unpaired) electrons. The molecule has 0 aromatic heterocycles. The molecule has 0 saturated heterocycles. The summed E-state index contributed by atoms with van der Waals surface area (Å²) in [5.41, 5.74) is 0.423. The lowest BCUT2D eigenvalue weighted by atomic mass is 9.90. The average molecular weight is 164 g/mol. The van der Waals surface area contributed by atoms with Crippen LogP contribution in [0.15, 0.2) is 0 Å². The van der Waals surface area contributed by atoms with Crippen molar-refractivity contribution >= 4 is 11.6 Å². The van der Waals surface area contributed by atoms with Crippen molar-refractivity contribution in [3.63, 3.8) is 0 Å². The molecule has 0 amide bonds. The Morgan fingerprint density at radius 2 is 2.00 bits per heavy atom. The van der Waals surface area contributed by atoms with Crippen molar-refractivity contribution in [2.75, 3.05) is 19.0 Å². The molecular weight excluding hydrogens is 146 g/mol. The molecule has 1 N–H and O–H groups in total. The smallest absolute Gasteiger partial charge is 0.0348 e. The Hall–Kier alpha value is 0.250. The van der Waals surface area contributed by atoms with Gasteiger partial charge in [-0.2, -0.15) is 0 Å². The normalized spacial score (nSPS) is 12.0. The van der Waals surface area contributed by atoms with Crippen LogP contribution in [0.4, 0.5) is 0 Å². The Morgan fingerprint density at radius 1 is 1.40 bits per heavy atom.